The molecule has 1 aromatic heterocycles. The smallest absolute Gasteiger partial charge is 0.231 e. The Hall–Kier alpha value is -1.68. The Morgan fingerprint density at radius 1 is 1.10 bits per heavy atom. The van der Waals surface area contributed by atoms with Gasteiger partial charge in [-0.25, -0.2) is 4.98 Å². The summed E-state index contributed by atoms with van der Waals surface area (Å²) in [7, 11) is 0. The van der Waals surface area contributed by atoms with Crippen LogP contribution in [0.15, 0.2) is 24.4 Å². The maximum absolute atomic E-state index is 6.17. The zero-order valence-electron chi connectivity index (χ0n) is 11.6. The summed E-state index contributed by atoms with van der Waals surface area (Å²) in [5, 5.41) is 6.09. The molecule has 4 nitrogen and oxygen atoms in total. The van der Waals surface area contributed by atoms with Gasteiger partial charge in [0.2, 0.25) is 6.79 Å². The van der Waals surface area contributed by atoms with E-state index in [0.717, 1.165) is 53.8 Å². The molecule has 21 heavy (non-hydrogen) atoms. The normalized spacial score (nSPS) is 24.2. The largest absolute Gasteiger partial charge is 0.454 e. The molecule has 0 radical (unpaired) electrons. The van der Waals surface area contributed by atoms with Gasteiger partial charge >= 0.3 is 0 Å². The predicted octanol–water partition coefficient (Wildman–Crippen LogP) is 3.93. The number of pyridine rings is 1. The number of aromatic nitrogens is 1. The van der Waals surface area contributed by atoms with Crippen molar-refractivity contribution in [2.45, 2.75) is 37.1 Å². The highest BCUT2D eigenvalue weighted by Crippen LogP contribution is 2.38. The molecule has 0 unspecified atom stereocenters. The maximum Gasteiger partial charge on any atom is 0.231 e. The number of fused-ring (bicyclic) bond motifs is 2. The van der Waals surface area contributed by atoms with Gasteiger partial charge in [-0.15, -0.1) is 11.6 Å². The lowest BCUT2D eigenvalue weighted by atomic mass is 9.95. The molecule has 2 aromatic rings. The Morgan fingerprint density at radius 3 is 2.67 bits per heavy atom. The Kier molecular flexibility index (Phi) is 3.26. The van der Waals surface area contributed by atoms with Crippen molar-refractivity contribution in [2.24, 2.45) is 0 Å². The lowest BCUT2D eigenvalue weighted by molar-refractivity contribution is 0.174. The summed E-state index contributed by atoms with van der Waals surface area (Å²) in [6.45, 7) is 0.293. The molecule has 1 aliphatic heterocycles. The average Bonchev–Trinajstić information content (AvgIpc) is 2.95. The first kappa shape index (κ1) is 13.0. The Labute approximate surface area is 128 Å². The number of hydrogen-bond donors (Lipinski definition) is 1. The highest BCUT2D eigenvalue weighted by molar-refractivity contribution is 6.20. The lowest BCUT2D eigenvalue weighted by Gasteiger charge is -2.26. The van der Waals surface area contributed by atoms with Crippen LogP contribution >= 0.6 is 11.6 Å². The fourth-order valence-corrected chi connectivity index (χ4v) is 3.32. The quantitative estimate of drug-likeness (QED) is 0.854. The second-order valence-corrected chi connectivity index (χ2v) is 6.30. The molecule has 5 heteroatoms. The molecule has 1 aromatic carbocycles. The molecule has 0 bridgehead atoms. The fraction of sp³-hybridized carbons (Fsp3) is 0.438. The van der Waals surface area contributed by atoms with Crippen LogP contribution < -0.4 is 14.8 Å². The van der Waals surface area contributed by atoms with Gasteiger partial charge in [0, 0.05) is 23.0 Å². The number of halogens is 1. The van der Waals surface area contributed by atoms with Gasteiger partial charge in [-0.1, -0.05) is 0 Å². The average molecular weight is 305 g/mol. The van der Waals surface area contributed by atoms with Crippen LogP contribution in [0.2, 0.25) is 0 Å². The maximum atomic E-state index is 6.17. The summed E-state index contributed by atoms with van der Waals surface area (Å²) in [5.74, 6) is 2.52. The molecule has 1 N–H and O–H groups in total. The topological polar surface area (TPSA) is 43.4 Å². The number of rotatable bonds is 2. The van der Waals surface area contributed by atoms with Gasteiger partial charge in [0.25, 0.3) is 0 Å². The molecule has 1 saturated carbocycles. The van der Waals surface area contributed by atoms with Crippen LogP contribution in [0.1, 0.15) is 25.7 Å². The molecular formula is C16H17ClN2O2. The summed E-state index contributed by atoms with van der Waals surface area (Å²) >= 11 is 6.17. The highest BCUT2D eigenvalue weighted by Gasteiger charge is 2.21. The van der Waals surface area contributed by atoms with E-state index in [-0.39, 0.29) is 0 Å². The SMILES string of the molecule is ClC1CCC(Nc2nccc3cc4c(cc23)OCO4)CC1. The number of anilines is 1. The monoisotopic (exact) mass is 304 g/mol. The van der Waals surface area contributed by atoms with E-state index in [1.807, 2.05) is 24.4 Å². The van der Waals surface area contributed by atoms with E-state index in [9.17, 15) is 0 Å². The number of ether oxygens (including phenoxy) is 2. The number of hydrogen-bond acceptors (Lipinski definition) is 4. The third kappa shape index (κ3) is 2.48. The third-order valence-corrected chi connectivity index (χ3v) is 4.69. The van der Waals surface area contributed by atoms with Gasteiger partial charge in [0.05, 0.1) is 0 Å². The lowest BCUT2D eigenvalue weighted by Crippen LogP contribution is -2.26. The van der Waals surface area contributed by atoms with Gasteiger partial charge in [0.1, 0.15) is 5.82 Å². The molecular weight excluding hydrogens is 288 g/mol. The second-order valence-electron chi connectivity index (χ2n) is 5.68. The first-order valence-corrected chi connectivity index (χ1v) is 7.82. The molecule has 0 spiro atoms. The van der Waals surface area contributed by atoms with Crippen molar-refractivity contribution < 1.29 is 9.47 Å². The molecule has 0 atom stereocenters. The summed E-state index contributed by atoms with van der Waals surface area (Å²) in [5.41, 5.74) is 0. The van der Waals surface area contributed by atoms with Gasteiger partial charge < -0.3 is 14.8 Å². The van der Waals surface area contributed by atoms with Crippen LogP contribution in [0.4, 0.5) is 5.82 Å². The molecule has 0 saturated heterocycles. The minimum atomic E-state index is 0.293. The number of benzene rings is 1. The van der Waals surface area contributed by atoms with E-state index < -0.39 is 0 Å². The number of nitrogens with one attached hydrogen (secondary N) is 1. The second kappa shape index (κ2) is 5.26. The molecule has 4 rings (SSSR count). The van der Waals surface area contributed by atoms with Gasteiger partial charge in [0.15, 0.2) is 11.5 Å². The molecule has 110 valence electrons. The van der Waals surface area contributed by atoms with E-state index in [0.29, 0.717) is 18.2 Å². The van der Waals surface area contributed by atoms with Crippen molar-refractivity contribution >= 4 is 28.2 Å². The van der Waals surface area contributed by atoms with Crippen molar-refractivity contribution in [3.8, 4) is 11.5 Å². The summed E-state index contributed by atoms with van der Waals surface area (Å²) in [6.07, 6.45) is 6.15. The minimum Gasteiger partial charge on any atom is -0.454 e. The van der Waals surface area contributed by atoms with Gasteiger partial charge in [-0.3, -0.25) is 0 Å². The molecule has 2 heterocycles. The van der Waals surface area contributed by atoms with Crippen molar-refractivity contribution in [3.63, 3.8) is 0 Å². The van der Waals surface area contributed by atoms with E-state index >= 15 is 0 Å². The van der Waals surface area contributed by atoms with Crippen molar-refractivity contribution in [1.29, 1.82) is 0 Å². The molecule has 1 fully saturated rings. The Bertz CT molecular complexity index is 669. The fourth-order valence-electron chi connectivity index (χ4n) is 3.07. The first-order chi connectivity index (χ1) is 10.3. The Morgan fingerprint density at radius 2 is 1.86 bits per heavy atom. The zero-order chi connectivity index (χ0) is 14.2. The van der Waals surface area contributed by atoms with Crippen LogP contribution in [0, 0.1) is 0 Å². The van der Waals surface area contributed by atoms with E-state index in [1.54, 1.807) is 0 Å². The minimum absolute atomic E-state index is 0.293. The van der Waals surface area contributed by atoms with Crippen LogP contribution in [0.25, 0.3) is 10.8 Å². The van der Waals surface area contributed by atoms with E-state index in [2.05, 4.69) is 10.3 Å². The van der Waals surface area contributed by atoms with Crippen LogP contribution in [0.5, 0.6) is 11.5 Å². The van der Waals surface area contributed by atoms with Crippen molar-refractivity contribution in [1.82, 2.24) is 4.98 Å². The van der Waals surface area contributed by atoms with Crippen LogP contribution in [-0.2, 0) is 0 Å². The summed E-state index contributed by atoms with van der Waals surface area (Å²) < 4.78 is 10.9. The molecule has 0 amide bonds. The highest BCUT2D eigenvalue weighted by atomic mass is 35.5. The van der Waals surface area contributed by atoms with Crippen molar-refractivity contribution in [3.05, 3.63) is 24.4 Å². The van der Waals surface area contributed by atoms with Gasteiger partial charge in [-0.2, -0.15) is 0 Å². The predicted molar refractivity (Wildman–Crippen MR) is 83.4 cm³/mol. The third-order valence-electron chi connectivity index (χ3n) is 4.26. The van der Waals surface area contributed by atoms with E-state index in [4.69, 9.17) is 21.1 Å². The van der Waals surface area contributed by atoms with Crippen LogP contribution in [0.3, 0.4) is 0 Å². The first-order valence-electron chi connectivity index (χ1n) is 7.38. The molecule has 2 aliphatic rings. The summed E-state index contributed by atoms with van der Waals surface area (Å²) in [4.78, 5) is 4.51. The van der Waals surface area contributed by atoms with Crippen molar-refractivity contribution in [2.75, 3.05) is 12.1 Å². The van der Waals surface area contributed by atoms with Crippen LogP contribution in [-0.4, -0.2) is 23.2 Å². The summed E-state index contributed by atoms with van der Waals surface area (Å²) in [6, 6.07) is 6.47. The van der Waals surface area contributed by atoms with Gasteiger partial charge in [-0.05, 0) is 49.3 Å². The zero-order valence-corrected chi connectivity index (χ0v) is 12.4. The standard InChI is InChI=1S/C16H17ClN2O2/c17-11-1-3-12(4-2-11)19-16-13-8-15-14(20-9-21-15)7-10(13)5-6-18-16/h5-8,11-12H,1-4,9H2,(H,18,19). The van der Waals surface area contributed by atoms with E-state index in [1.165, 1.54) is 0 Å². The molecule has 1 aliphatic carbocycles. The number of nitrogens with zero attached hydrogens (tertiary/aromatic N) is 1. The number of alkyl halides is 1. The Balaban J connectivity index is 1.65.